The van der Waals surface area contributed by atoms with Crippen molar-refractivity contribution in [1.29, 1.82) is 0 Å². The first-order chi connectivity index (χ1) is 9.00. The number of aliphatic carboxylic acids is 1. The molecule has 2 rings (SSSR count). The standard InChI is InChI=1S/C12H11ClN2O4/c13-8-3-1-2-4-9(8)15-12(19)7(11(18)14-15)5-6-10(16)17/h1-4,19H,5-6H2,(H,14,18)(H,16,17). The summed E-state index contributed by atoms with van der Waals surface area (Å²) in [5, 5.41) is 21.4. The highest BCUT2D eigenvalue weighted by Crippen LogP contribution is 2.24. The van der Waals surface area contributed by atoms with Crippen molar-refractivity contribution in [3.8, 4) is 11.6 Å². The van der Waals surface area contributed by atoms with Gasteiger partial charge in [-0.05, 0) is 18.6 Å². The molecule has 100 valence electrons. The van der Waals surface area contributed by atoms with Crippen LogP contribution in [0.1, 0.15) is 12.0 Å². The fourth-order valence-corrected chi connectivity index (χ4v) is 1.94. The summed E-state index contributed by atoms with van der Waals surface area (Å²) in [6.45, 7) is 0. The Balaban J connectivity index is 2.45. The number of rotatable bonds is 4. The van der Waals surface area contributed by atoms with Gasteiger partial charge in [0, 0.05) is 6.42 Å². The van der Waals surface area contributed by atoms with E-state index in [1.165, 1.54) is 0 Å². The summed E-state index contributed by atoms with van der Waals surface area (Å²) in [7, 11) is 0. The lowest BCUT2D eigenvalue weighted by Crippen LogP contribution is -2.09. The number of nitrogens with one attached hydrogen (secondary N) is 1. The minimum atomic E-state index is -1.04. The van der Waals surface area contributed by atoms with Gasteiger partial charge in [-0.1, -0.05) is 23.7 Å². The van der Waals surface area contributed by atoms with Crippen LogP contribution in [0.4, 0.5) is 0 Å². The van der Waals surface area contributed by atoms with Crippen LogP contribution < -0.4 is 5.56 Å². The lowest BCUT2D eigenvalue weighted by molar-refractivity contribution is -0.136. The molecule has 19 heavy (non-hydrogen) atoms. The molecule has 0 spiro atoms. The number of nitrogens with zero attached hydrogens (tertiary/aromatic N) is 1. The zero-order valence-electron chi connectivity index (χ0n) is 9.76. The molecular weight excluding hydrogens is 272 g/mol. The molecule has 2 aromatic rings. The average molecular weight is 283 g/mol. The Bertz CT molecular complexity index is 675. The Hall–Kier alpha value is -2.21. The monoisotopic (exact) mass is 282 g/mol. The normalized spacial score (nSPS) is 10.6. The molecule has 0 bridgehead atoms. The van der Waals surface area contributed by atoms with Crippen molar-refractivity contribution in [2.45, 2.75) is 12.8 Å². The first kappa shape index (κ1) is 13.2. The average Bonchev–Trinajstić information content (AvgIpc) is 2.63. The van der Waals surface area contributed by atoms with E-state index in [-0.39, 0.29) is 24.3 Å². The lowest BCUT2D eigenvalue weighted by Gasteiger charge is -2.06. The van der Waals surface area contributed by atoms with Crippen LogP contribution in [0.3, 0.4) is 0 Å². The minimum absolute atomic E-state index is 0.0299. The Labute approximate surface area is 112 Å². The van der Waals surface area contributed by atoms with Crippen LogP contribution in [0.15, 0.2) is 29.1 Å². The molecule has 0 aliphatic carbocycles. The van der Waals surface area contributed by atoms with Crippen molar-refractivity contribution in [2.24, 2.45) is 0 Å². The molecule has 1 heterocycles. The van der Waals surface area contributed by atoms with Gasteiger partial charge in [-0.3, -0.25) is 14.7 Å². The Kier molecular flexibility index (Phi) is 3.62. The second-order valence-corrected chi connectivity index (χ2v) is 4.33. The number of aromatic amines is 1. The summed E-state index contributed by atoms with van der Waals surface area (Å²) in [5.74, 6) is -1.36. The molecule has 7 heteroatoms. The Morgan fingerprint density at radius 3 is 2.68 bits per heavy atom. The fraction of sp³-hybridized carbons (Fsp3) is 0.167. The first-order valence-electron chi connectivity index (χ1n) is 5.50. The van der Waals surface area contributed by atoms with Crippen LogP contribution >= 0.6 is 11.6 Å². The van der Waals surface area contributed by atoms with Gasteiger partial charge in [-0.15, -0.1) is 0 Å². The molecule has 0 aliphatic rings. The van der Waals surface area contributed by atoms with Gasteiger partial charge in [0.05, 0.1) is 16.3 Å². The van der Waals surface area contributed by atoms with Crippen molar-refractivity contribution < 1.29 is 15.0 Å². The zero-order valence-corrected chi connectivity index (χ0v) is 10.5. The third-order valence-corrected chi connectivity index (χ3v) is 2.97. The third kappa shape index (κ3) is 2.63. The van der Waals surface area contributed by atoms with Crippen LogP contribution in [-0.4, -0.2) is 26.0 Å². The fourth-order valence-electron chi connectivity index (χ4n) is 1.72. The van der Waals surface area contributed by atoms with E-state index in [4.69, 9.17) is 16.7 Å². The van der Waals surface area contributed by atoms with Gasteiger partial charge in [0.25, 0.3) is 5.56 Å². The molecule has 0 atom stereocenters. The van der Waals surface area contributed by atoms with Gasteiger partial charge < -0.3 is 10.2 Å². The predicted molar refractivity (Wildman–Crippen MR) is 69.0 cm³/mol. The molecule has 1 aromatic heterocycles. The van der Waals surface area contributed by atoms with E-state index < -0.39 is 11.5 Å². The Morgan fingerprint density at radius 2 is 2.05 bits per heavy atom. The van der Waals surface area contributed by atoms with Gasteiger partial charge in [0.15, 0.2) is 0 Å². The number of aromatic hydroxyl groups is 1. The molecule has 0 unspecified atom stereocenters. The first-order valence-corrected chi connectivity index (χ1v) is 5.88. The number of carboxylic acid groups (broad SMARTS) is 1. The third-order valence-electron chi connectivity index (χ3n) is 2.65. The quantitative estimate of drug-likeness (QED) is 0.793. The van der Waals surface area contributed by atoms with Gasteiger partial charge in [0.1, 0.15) is 0 Å². The van der Waals surface area contributed by atoms with E-state index >= 15 is 0 Å². The number of halogens is 1. The molecule has 0 saturated carbocycles. The van der Waals surface area contributed by atoms with Crippen LogP contribution in [0.25, 0.3) is 5.69 Å². The molecule has 6 nitrogen and oxygen atoms in total. The highest BCUT2D eigenvalue weighted by atomic mass is 35.5. The molecule has 0 radical (unpaired) electrons. The maximum Gasteiger partial charge on any atom is 0.303 e. The van der Waals surface area contributed by atoms with E-state index in [9.17, 15) is 14.7 Å². The summed E-state index contributed by atoms with van der Waals surface area (Å²) >= 11 is 5.97. The smallest absolute Gasteiger partial charge is 0.303 e. The Morgan fingerprint density at radius 1 is 1.37 bits per heavy atom. The van der Waals surface area contributed by atoms with E-state index in [0.717, 1.165) is 4.68 Å². The molecule has 0 aliphatic heterocycles. The number of hydrogen-bond donors (Lipinski definition) is 3. The molecule has 1 aromatic carbocycles. The van der Waals surface area contributed by atoms with Crippen LogP contribution in [0.5, 0.6) is 5.88 Å². The van der Waals surface area contributed by atoms with Gasteiger partial charge in [-0.25, -0.2) is 4.68 Å². The summed E-state index contributed by atoms with van der Waals surface area (Å²) in [5.41, 5.74) is -0.0821. The summed E-state index contributed by atoms with van der Waals surface area (Å²) in [6, 6.07) is 6.66. The highest BCUT2D eigenvalue weighted by Gasteiger charge is 2.17. The topological polar surface area (TPSA) is 95.3 Å². The van der Waals surface area contributed by atoms with E-state index in [1.54, 1.807) is 24.3 Å². The summed E-state index contributed by atoms with van der Waals surface area (Å²) in [4.78, 5) is 22.2. The van der Waals surface area contributed by atoms with Gasteiger partial charge >= 0.3 is 5.97 Å². The number of hydrogen-bond acceptors (Lipinski definition) is 3. The molecular formula is C12H11ClN2O4. The second-order valence-electron chi connectivity index (χ2n) is 3.92. The summed E-state index contributed by atoms with van der Waals surface area (Å²) < 4.78 is 1.14. The van der Waals surface area contributed by atoms with E-state index in [2.05, 4.69) is 5.10 Å². The van der Waals surface area contributed by atoms with Crippen molar-refractivity contribution in [1.82, 2.24) is 9.78 Å². The number of H-pyrrole nitrogens is 1. The van der Waals surface area contributed by atoms with E-state index in [1.807, 2.05) is 0 Å². The van der Waals surface area contributed by atoms with Crippen molar-refractivity contribution >= 4 is 17.6 Å². The highest BCUT2D eigenvalue weighted by molar-refractivity contribution is 6.32. The zero-order chi connectivity index (χ0) is 14.0. The maximum atomic E-state index is 11.7. The molecule has 0 fully saturated rings. The SMILES string of the molecule is O=C(O)CCc1c(O)n(-c2ccccc2Cl)[nH]c1=O. The maximum absolute atomic E-state index is 11.7. The number of para-hydroxylation sites is 1. The van der Waals surface area contributed by atoms with Crippen LogP contribution in [-0.2, 0) is 11.2 Å². The van der Waals surface area contributed by atoms with Crippen LogP contribution in [0.2, 0.25) is 5.02 Å². The largest absolute Gasteiger partial charge is 0.493 e. The second kappa shape index (κ2) is 5.19. The van der Waals surface area contributed by atoms with E-state index in [0.29, 0.717) is 10.7 Å². The number of carbonyl (C=O) groups is 1. The molecule has 0 amide bonds. The van der Waals surface area contributed by atoms with Crippen molar-refractivity contribution in [3.63, 3.8) is 0 Å². The number of benzene rings is 1. The van der Waals surface area contributed by atoms with Crippen molar-refractivity contribution in [2.75, 3.05) is 0 Å². The molecule has 0 saturated heterocycles. The predicted octanol–water partition coefficient (Wildman–Crippen LogP) is 1.54. The lowest BCUT2D eigenvalue weighted by atomic mass is 10.2. The minimum Gasteiger partial charge on any atom is -0.493 e. The molecule has 3 N–H and O–H groups in total. The number of aromatic nitrogens is 2. The van der Waals surface area contributed by atoms with Crippen LogP contribution in [0, 0.1) is 0 Å². The van der Waals surface area contributed by atoms with Gasteiger partial charge in [-0.2, -0.15) is 0 Å². The number of carboxylic acids is 1. The summed E-state index contributed by atoms with van der Waals surface area (Å²) in [6.07, 6.45) is -0.281. The van der Waals surface area contributed by atoms with Crippen molar-refractivity contribution in [3.05, 3.63) is 45.2 Å². The van der Waals surface area contributed by atoms with Gasteiger partial charge in [0.2, 0.25) is 5.88 Å².